The van der Waals surface area contributed by atoms with E-state index in [4.69, 9.17) is 0 Å². The Labute approximate surface area is 126 Å². The van der Waals surface area contributed by atoms with Crippen molar-refractivity contribution in [3.63, 3.8) is 0 Å². The molecular weight excluding hydrogens is 266 g/mol. The Morgan fingerprint density at radius 3 is 2.57 bits per heavy atom. The lowest BCUT2D eigenvalue weighted by Gasteiger charge is -2.27. The maximum Gasteiger partial charge on any atom is 0.241 e. The number of amides is 2. The van der Waals surface area contributed by atoms with Gasteiger partial charge in [0.25, 0.3) is 0 Å². The third-order valence-electron chi connectivity index (χ3n) is 5.30. The first kappa shape index (κ1) is 14.8. The minimum absolute atomic E-state index is 0.00904. The second kappa shape index (κ2) is 6.77. The SMILES string of the molecule is O=C(NCC(=O)N1CCCCC1)[C@@H]1C[C@@H]2CCCC[C@H]2N1. The van der Waals surface area contributed by atoms with Crippen LogP contribution in [0.4, 0.5) is 0 Å². The molecule has 0 radical (unpaired) electrons. The van der Waals surface area contributed by atoms with Crippen molar-refractivity contribution in [1.29, 1.82) is 0 Å². The Morgan fingerprint density at radius 2 is 1.81 bits per heavy atom. The van der Waals surface area contributed by atoms with Crippen molar-refractivity contribution in [2.45, 2.75) is 63.5 Å². The molecule has 0 aromatic rings. The summed E-state index contributed by atoms with van der Waals surface area (Å²) >= 11 is 0. The molecule has 0 unspecified atom stereocenters. The summed E-state index contributed by atoms with van der Waals surface area (Å²) in [5, 5.41) is 6.30. The van der Waals surface area contributed by atoms with Crippen molar-refractivity contribution in [3.05, 3.63) is 0 Å². The number of carbonyl (C=O) groups is 2. The molecule has 0 bridgehead atoms. The molecular formula is C16H27N3O2. The highest BCUT2D eigenvalue weighted by molar-refractivity contribution is 5.87. The standard InChI is InChI=1S/C16H27N3O2/c20-15(19-8-4-1-5-9-19)11-17-16(21)14-10-12-6-2-3-7-13(12)18-14/h12-14,18H,1-11H2,(H,17,21)/t12-,13+,14-/m0/s1. The van der Waals surface area contributed by atoms with E-state index in [0.29, 0.717) is 12.0 Å². The van der Waals surface area contributed by atoms with Crippen molar-refractivity contribution >= 4 is 11.8 Å². The fourth-order valence-corrected chi connectivity index (χ4v) is 4.06. The third-order valence-corrected chi connectivity index (χ3v) is 5.30. The van der Waals surface area contributed by atoms with E-state index >= 15 is 0 Å². The molecule has 3 aliphatic rings. The highest BCUT2D eigenvalue weighted by Gasteiger charge is 2.38. The van der Waals surface area contributed by atoms with E-state index < -0.39 is 0 Å². The van der Waals surface area contributed by atoms with Gasteiger partial charge in [-0.3, -0.25) is 9.59 Å². The van der Waals surface area contributed by atoms with Gasteiger partial charge in [0.05, 0.1) is 12.6 Å². The molecule has 3 atom stereocenters. The zero-order valence-corrected chi connectivity index (χ0v) is 12.8. The van der Waals surface area contributed by atoms with Crippen molar-refractivity contribution < 1.29 is 9.59 Å². The first-order valence-corrected chi connectivity index (χ1v) is 8.55. The van der Waals surface area contributed by atoms with Crippen LogP contribution in [0.25, 0.3) is 0 Å². The van der Waals surface area contributed by atoms with Gasteiger partial charge in [-0.15, -0.1) is 0 Å². The van der Waals surface area contributed by atoms with Gasteiger partial charge in [0.15, 0.2) is 0 Å². The quantitative estimate of drug-likeness (QED) is 0.817. The lowest BCUT2D eigenvalue weighted by atomic mass is 9.85. The predicted molar refractivity (Wildman–Crippen MR) is 80.7 cm³/mol. The number of likely N-dealkylation sites (tertiary alicyclic amines) is 1. The highest BCUT2D eigenvalue weighted by atomic mass is 16.2. The maximum atomic E-state index is 12.2. The summed E-state index contributed by atoms with van der Waals surface area (Å²) in [6.07, 6.45) is 9.34. The summed E-state index contributed by atoms with van der Waals surface area (Å²) in [6.45, 7) is 1.85. The molecule has 3 rings (SSSR count). The van der Waals surface area contributed by atoms with E-state index in [1.165, 1.54) is 32.1 Å². The number of nitrogens with zero attached hydrogens (tertiary/aromatic N) is 1. The number of carbonyl (C=O) groups excluding carboxylic acids is 2. The molecule has 3 fully saturated rings. The van der Waals surface area contributed by atoms with Crippen LogP contribution in [0.1, 0.15) is 51.4 Å². The normalized spacial score (nSPS) is 32.6. The zero-order valence-electron chi connectivity index (χ0n) is 12.8. The number of hydrogen-bond donors (Lipinski definition) is 2. The van der Waals surface area contributed by atoms with Crippen molar-refractivity contribution in [2.75, 3.05) is 19.6 Å². The molecule has 2 aliphatic heterocycles. The first-order chi connectivity index (χ1) is 10.2. The Kier molecular flexibility index (Phi) is 4.78. The number of piperidine rings is 1. The van der Waals surface area contributed by atoms with Gasteiger partial charge < -0.3 is 15.5 Å². The van der Waals surface area contributed by atoms with Crippen LogP contribution in [0.3, 0.4) is 0 Å². The lowest BCUT2D eigenvalue weighted by Crippen LogP contribution is -2.47. The summed E-state index contributed by atoms with van der Waals surface area (Å²) in [5.41, 5.74) is 0. The van der Waals surface area contributed by atoms with E-state index in [0.717, 1.165) is 32.4 Å². The van der Waals surface area contributed by atoms with Gasteiger partial charge in [0.1, 0.15) is 0 Å². The van der Waals surface area contributed by atoms with Crippen LogP contribution in [0.5, 0.6) is 0 Å². The van der Waals surface area contributed by atoms with Crippen LogP contribution in [0, 0.1) is 5.92 Å². The summed E-state index contributed by atoms with van der Waals surface area (Å²) in [5.74, 6) is 0.737. The Hall–Kier alpha value is -1.10. The second-order valence-corrected chi connectivity index (χ2v) is 6.77. The van der Waals surface area contributed by atoms with Crippen LogP contribution in [0.2, 0.25) is 0 Å². The summed E-state index contributed by atoms with van der Waals surface area (Å²) < 4.78 is 0. The van der Waals surface area contributed by atoms with Crippen LogP contribution in [-0.2, 0) is 9.59 Å². The fraction of sp³-hybridized carbons (Fsp3) is 0.875. The number of nitrogens with one attached hydrogen (secondary N) is 2. The summed E-state index contributed by atoms with van der Waals surface area (Å²) in [4.78, 5) is 26.2. The van der Waals surface area contributed by atoms with Gasteiger partial charge in [0, 0.05) is 19.1 Å². The number of hydrogen-bond acceptors (Lipinski definition) is 3. The zero-order chi connectivity index (χ0) is 14.7. The molecule has 0 aromatic carbocycles. The molecule has 0 spiro atoms. The monoisotopic (exact) mass is 293 g/mol. The Balaban J connectivity index is 1.43. The molecule has 2 saturated heterocycles. The maximum absolute atomic E-state index is 12.2. The van der Waals surface area contributed by atoms with Crippen molar-refractivity contribution in [2.24, 2.45) is 5.92 Å². The minimum atomic E-state index is -0.0905. The van der Waals surface area contributed by atoms with Gasteiger partial charge in [-0.1, -0.05) is 12.8 Å². The van der Waals surface area contributed by atoms with Crippen LogP contribution in [-0.4, -0.2) is 48.4 Å². The largest absolute Gasteiger partial charge is 0.346 e. The molecule has 118 valence electrons. The van der Waals surface area contributed by atoms with E-state index in [9.17, 15) is 9.59 Å². The van der Waals surface area contributed by atoms with Crippen molar-refractivity contribution in [1.82, 2.24) is 15.5 Å². The highest BCUT2D eigenvalue weighted by Crippen LogP contribution is 2.33. The van der Waals surface area contributed by atoms with E-state index in [-0.39, 0.29) is 24.4 Å². The molecule has 2 N–H and O–H groups in total. The average molecular weight is 293 g/mol. The van der Waals surface area contributed by atoms with Gasteiger partial charge in [-0.05, 0) is 44.4 Å². The Morgan fingerprint density at radius 1 is 1.05 bits per heavy atom. The number of fused-ring (bicyclic) bond motifs is 1. The fourth-order valence-electron chi connectivity index (χ4n) is 4.06. The molecule has 21 heavy (non-hydrogen) atoms. The molecule has 2 heterocycles. The molecule has 5 nitrogen and oxygen atoms in total. The minimum Gasteiger partial charge on any atom is -0.346 e. The molecule has 0 aromatic heterocycles. The number of rotatable bonds is 3. The van der Waals surface area contributed by atoms with Crippen LogP contribution < -0.4 is 10.6 Å². The van der Waals surface area contributed by atoms with Gasteiger partial charge in [0.2, 0.25) is 11.8 Å². The second-order valence-electron chi connectivity index (χ2n) is 6.77. The molecule has 1 aliphatic carbocycles. The molecule has 2 amide bonds. The van der Waals surface area contributed by atoms with E-state index in [1.807, 2.05) is 4.90 Å². The smallest absolute Gasteiger partial charge is 0.241 e. The summed E-state index contributed by atoms with van der Waals surface area (Å²) in [7, 11) is 0. The first-order valence-electron chi connectivity index (χ1n) is 8.55. The van der Waals surface area contributed by atoms with Crippen LogP contribution >= 0.6 is 0 Å². The Bertz CT molecular complexity index is 379. The summed E-state index contributed by atoms with van der Waals surface area (Å²) in [6, 6.07) is 0.430. The molecule has 5 heteroatoms. The molecule has 1 saturated carbocycles. The predicted octanol–water partition coefficient (Wildman–Crippen LogP) is 1.04. The lowest BCUT2D eigenvalue weighted by molar-refractivity contribution is -0.134. The average Bonchev–Trinajstić information content (AvgIpc) is 2.97. The van der Waals surface area contributed by atoms with E-state index in [2.05, 4.69) is 10.6 Å². The van der Waals surface area contributed by atoms with Crippen LogP contribution in [0.15, 0.2) is 0 Å². The topological polar surface area (TPSA) is 61.4 Å². The van der Waals surface area contributed by atoms with E-state index in [1.54, 1.807) is 0 Å². The van der Waals surface area contributed by atoms with Crippen molar-refractivity contribution in [3.8, 4) is 0 Å². The van der Waals surface area contributed by atoms with Gasteiger partial charge in [-0.2, -0.15) is 0 Å². The third kappa shape index (κ3) is 3.57. The van der Waals surface area contributed by atoms with Gasteiger partial charge in [-0.25, -0.2) is 0 Å². The van der Waals surface area contributed by atoms with Gasteiger partial charge >= 0.3 is 0 Å².